The molecule has 7 nitrogen and oxygen atoms in total. The van der Waals surface area contributed by atoms with E-state index in [9.17, 15) is 4.79 Å². The third-order valence-corrected chi connectivity index (χ3v) is 1.48. The Hall–Kier alpha value is -1.34. The first-order valence-corrected chi connectivity index (χ1v) is 4.15. The molecule has 0 aliphatic heterocycles. The Morgan fingerprint density at radius 3 is 2.86 bits per heavy atom. The van der Waals surface area contributed by atoms with Crippen LogP contribution in [0.1, 0.15) is 12.8 Å². The monoisotopic (exact) mass is 204 g/mol. The molecule has 1 atom stereocenters. The van der Waals surface area contributed by atoms with Crippen LogP contribution >= 0.6 is 0 Å². The highest BCUT2D eigenvalue weighted by molar-refractivity contribution is 5.76. The molecule has 7 heteroatoms. The summed E-state index contributed by atoms with van der Waals surface area (Å²) < 4.78 is 0. The van der Waals surface area contributed by atoms with E-state index in [4.69, 9.17) is 16.6 Å². The summed E-state index contributed by atoms with van der Waals surface area (Å²) in [5.74, 6) is -0.839. The first kappa shape index (κ1) is 12.7. The van der Waals surface area contributed by atoms with Crippen LogP contribution in [0.15, 0.2) is 4.99 Å². The molecule has 0 aromatic heterocycles. The molecule has 0 aliphatic carbocycles. The summed E-state index contributed by atoms with van der Waals surface area (Å²) in [5.41, 5.74) is 12.9. The largest absolute Gasteiger partial charge is 0.480 e. The second kappa shape index (κ2) is 7.10. The number of nitrogens with zero attached hydrogens (tertiary/aromatic N) is 1. The smallest absolute Gasteiger partial charge is 0.320 e. The van der Waals surface area contributed by atoms with Gasteiger partial charge in [0.2, 0.25) is 5.96 Å². The van der Waals surface area contributed by atoms with Gasteiger partial charge in [0.1, 0.15) is 6.04 Å². The van der Waals surface area contributed by atoms with Gasteiger partial charge >= 0.3 is 5.97 Å². The number of carboxylic acids is 1. The maximum atomic E-state index is 10.3. The van der Waals surface area contributed by atoms with E-state index >= 15 is 0 Å². The zero-order valence-corrected chi connectivity index (χ0v) is 8.06. The average Bonchev–Trinajstić information content (AvgIpc) is 2.12. The standard InChI is InChI=1S/C7H16N4O3/c1-14-11-7(9)10-4-2-3-5(8)6(12)13/h5H,2-4,8H2,1H3,(H,12,13)(H3,9,10,11). The Labute approximate surface area is 82.1 Å². The van der Waals surface area contributed by atoms with Crippen LogP contribution in [0.2, 0.25) is 0 Å². The SMILES string of the molecule is CONC(N)=NCCCC(N)C(=O)O. The van der Waals surface area contributed by atoms with Crippen LogP contribution in [0.25, 0.3) is 0 Å². The lowest BCUT2D eigenvalue weighted by atomic mass is 10.2. The van der Waals surface area contributed by atoms with E-state index in [1.54, 1.807) is 0 Å². The molecule has 0 aromatic rings. The molecule has 0 saturated heterocycles. The Balaban J connectivity index is 3.55. The topological polar surface area (TPSA) is 123 Å². The lowest BCUT2D eigenvalue weighted by Crippen LogP contribution is -2.31. The van der Waals surface area contributed by atoms with Gasteiger partial charge < -0.3 is 16.6 Å². The number of guanidine groups is 1. The van der Waals surface area contributed by atoms with Gasteiger partial charge in [-0.15, -0.1) is 0 Å². The normalized spacial score (nSPS) is 13.7. The van der Waals surface area contributed by atoms with E-state index in [2.05, 4.69) is 15.3 Å². The van der Waals surface area contributed by atoms with Crippen molar-refractivity contribution in [2.75, 3.05) is 13.7 Å². The summed E-state index contributed by atoms with van der Waals surface area (Å²) >= 11 is 0. The molecular formula is C7H16N4O3. The van der Waals surface area contributed by atoms with Gasteiger partial charge in [0, 0.05) is 6.54 Å². The van der Waals surface area contributed by atoms with Gasteiger partial charge in [-0.3, -0.25) is 14.6 Å². The lowest BCUT2D eigenvalue weighted by molar-refractivity contribution is -0.138. The maximum absolute atomic E-state index is 10.3. The first-order chi connectivity index (χ1) is 6.57. The Morgan fingerprint density at radius 1 is 1.71 bits per heavy atom. The highest BCUT2D eigenvalue weighted by Gasteiger charge is 2.09. The van der Waals surface area contributed by atoms with Crippen molar-refractivity contribution in [3.63, 3.8) is 0 Å². The summed E-state index contributed by atoms with van der Waals surface area (Å²) in [5, 5.41) is 8.46. The minimum absolute atomic E-state index is 0.163. The molecule has 1 unspecified atom stereocenters. The highest BCUT2D eigenvalue weighted by atomic mass is 16.6. The lowest BCUT2D eigenvalue weighted by Gasteiger charge is -2.04. The fourth-order valence-electron chi connectivity index (χ4n) is 0.771. The zero-order chi connectivity index (χ0) is 11.0. The molecule has 0 aliphatic rings. The van der Waals surface area contributed by atoms with Crippen LogP contribution in [-0.4, -0.2) is 36.7 Å². The van der Waals surface area contributed by atoms with Crippen molar-refractivity contribution in [2.24, 2.45) is 16.5 Å². The van der Waals surface area contributed by atoms with Crippen molar-refractivity contribution in [1.29, 1.82) is 0 Å². The number of hydrogen-bond donors (Lipinski definition) is 4. The van der Waals surface area contributed by atoms with Crippen molar-refractivity contribution in [1.82, 2.24) is 5.48 Å². The third-order valence-electron chi connectivity index (χ3n) is 1.48. The molecule has 0 amide bonds. The molecule has 0 fully saturated rings. The summed E-state index contributed by atoms with van der Waals surface area (Å²) in [4.78, 5) is 18.7. The van der Waals surface area contributed by atoms with Gasteiger partial charge in [0.15, 0.2) is 0 Å². The molecule has 82 valence electrons. The summed E-state index contributed by atoms with van der Waals surface area (Å²) in [6.07, 6.45) is 0.943. The van der Waals surface area contributed by atoms with Crippen molar-refractivity contribution in [3.8, 4) is 0 Å². The number of hydroxylamine groups is 1. The number of carboxylic acid groups (broad SMARTS) is 1. The number of nitrogens with two attached hydrogens (primary N) is 2. The van der Waals surface area contributed by atoms with Gasteiger partial charge in [-0.05, 0) is 12.8 Å². The van der Waals surface area contributed by atoms with Crippen LogP contribution in [0, 0.1) is 0 Å². The predicted molar refractivity (Wildman–Crippen MR) is 51.5 cm³/mol. The first-order valence-electron chi connectivity index (χ1n) is 4.15. The van der Waals surface area contributed by atoms with Crippen LogP contribution in [0.4, 0.5) is 0 Å². The third kappa shape index (κ3) is 6.21. The second-order valence-corrected chi connectivity index (χ2v) is 2.66. The van der Waals surface area contributed by atoms with Gasteiger partial charge in [0.25, 0.3) is 0 Å². The quantitative estimate of drug-likeness (QED) is 0.183. The van der Waals surface area contributed by atoms with Crippen LogP contribution in [0.5, 0.6) is 0 Å². The van der Waals surface area contributed by atoms with Gasteiger partial charge in [-0.25, -0.2) is 5.48 Å². The Kier molecular flexibility index (Phi) is 6.42. The van der Waals surface area contributed by atoms with Crippen molar-refractivity contribution < 1.29 is 14.7 Å². The minimum Gasteiger partial charge on any atom is -0.480 e. The van der Waals surface area contributed by atoms with E-state index < -0.39 is 12.0 Å². The molecule has 0 saturated carbocycles. The Bertz CT molecular complexity index is 207. The summed E-state index contributed by atoms with van der Waals surface area (Å²) in [6.45, 7) is 0.420. The number of rotatable bonds is 6. The Morgan fingerprint density at radius 2 is 2.36 bits per heavy atom. The molecule has 6 N–H and O–H groups in total. The minimum atomic E-state index is -1.00. The maximum Gasteiger partial charge on any atom is 0.320 e. The number of hydrogen-bond acceptors (Lipinski definition) is 4. The van der Waals surface area contributed by atoms with E-state index in [-0.39, 0.29) is 5.96 Å². The molecule has 0 aromatic carbocycles. The van der Waals surface area contributed by atoms with Crippen molar-refractivity contribution >= 4 is 11.9 Å². The fraction of sp³-hybridized carbons (Fsp3) is 0.714. The molecule has 0 rings (SSSR count). The number of aliphatic imine (C=N–C) groups is 1. The predicted octanol–water partition coefficient (Wildman–Crippen LogP) is -1.36. The molecule has 0 radical (unpaired) electrons. The van der Waals surface area contributed by atoms with Gasteiger partial charge in [-0.1, -0.05) is 0 Å². The molecular weight excluding hydrogens is 188 g/mol. The average molecular weight is 204 g/mol. The molecule has 0 bridgehead atoms. The molecule has 14 heavy (non-hydrogen) atoms. The van der Waals surface area contributed by atoms with E-state index in [1.165, 1.54) is 7.11 Å². The van der Waals surface area contributed by atoms with E-state index in [1.807, 2.05) is 0 Å². The summed E-state index contributed by atoms with van der Waals surface area (Å²) in [6, 6.07) is -0.832. The van der Waals surface area contributed by atoms with Gasteiger partial charge in [0.05, 0.1) is 7.11 Å². The number of nitrogens with one attached hydrogen (secondary N) is 1. The van der Waals surface area contributed by atoms with Crippen molar-refractivity contribution in [3.05, 3.63) is 0 Å². The van der Waals surface area contributed by atoms with Crippen molar-refractivity contribution in [2.45, 2.75) is 18.9 Å². The van der Waals surface area contributed by atoms with E-state index in [0.29, 0.717) is 19.4 Å². The van der Waals surface area contributed by atoms with Crippen LogP contribution in [-0.2, 0) is 9.63 Å². The van der Waals surface area contributed by atoms with Crippen LogP contribution in [0.3, 0.4) is 0 Å². The fourth-order valence-corrected chi connectivity index (χ4v) is 0.771. The summed E-state index contributed by atoms with van der Waals surface area (Å²) in [7, 11) is 1.42. The molecule has 0 spiro atoms. The zero-order valence-electron chi connectivity index (χ0n) is 8.06. The molecule has 0 heterocycles. The van der Waals surface area contributed by atoms with E-state index in [0.717, 1.165) is 0 Å². The second-order valence-electron chi connectivity index (χ2n) is 2.66. The van der Waals surface area contributed by atoms with Gasteiger partial charge in [-0.2, -0.15) is 0 Å². The van der Waals surface area contributed by atoms with Crippen LogP contribution < -0.4 is 16.9 Å². The highest BCUT2D eigenvalue weighted by Crippen LogP contribution is 1.94. The number of aliphatic carboxylic acids is 1. The number of carbonyl (C=O) groups is 1.